The third-order valence-electron chi connectivity index (χ3n) is 2.53. The standard InChI is InChI=1S/C6F16OP.Cs/c7-1(8,9)4(16,17)24(22,23,5(18,19)2(10,11)12)6(20,21)3(13,14)15;/q-1;+1. The van der Waals surface area contributed by atoms with Crippen molar-refractivity contribution in [2.45, 2.75) is 35.5 Å². The maximum absolute atomic E-state index is 13.5. The molecule has 0 aromatic rings. The zero-order valence-electron chi connectivity index (χ0n) is 10.9. The normalized spacial score (nSPS) is 17.6. The van der Waals surface area contributed by atoms with Crippen molar-refractivity contribution in [1.82, 2.24) is 0 Å². The van der Waals surface area contributed by atoms with E-state index in [9.17, 15) is 74.9 Å². The molecule has 0 atom stereocenters. The Morgan fingerprint density at radius 3 is 0.640 bits per heavy atom. The van der Waals surface area contributed by atoms with Gasteiger partial charge in [0.2, 0.25) is 0 Å². The van der Waals surface area contributed by atoms with Gasteiger partial charge in [-0.25, -0.2) is 0 Å². The van der Waals surface area contributed by atoms with Crippen molar-refractivity contribution in [3.63, 3.8) is 0 Å². The average Bonchev–Trinajstić information content (AvgIpc) is 2.23. The van der Waals surface area contributed by atoms with Gasteiger partial charge >= 0.3 is 187 Å². The van der Waals surface area contributed by atoms with E-state index in [0.717, 1.165) is 0 Å². The van der Waals surface area contributed by atoms with Crippen molar-refractivity contribution in [2.24, 2.45) is 0 Å². The summed E-state index contributed by atoms with van der Waals surface area (Å²) in [7, 11) is -12.5. The van der Waals surface area contributed by atoms with Gasteiger partial charge in [-0.05, 0) is 0 Å². The first-order valence-electron chi connectivity index (χ1n) is 4.61. The zero-order chi connectivity index (χ0) is 20.4. The van der Waals surface area contributed by atoms with E-state index in [1.165, 1.54) is 0 Å². The molecular weight excluding hydrogens is 556 g/mol. The molecule has 19 heteroatoms. The van der Waals surface area contributed by atoms with Crippen LogP contribution in [0.2, 0.25) is 0 Å². The first-order chi connectivity index (χ1) is 9.82. The van der Waals surface area contributed by atoms with Crippen LogP contribution in [0.5, 0.6) is 0 Å². The topological polar surface area (TPSA) is 23.1 Å². The molecule has 0 aliphatic rings. The monoisotopic (exact) mass is 556 g/mol. The predicted molar refractivity (Wildman–Crippen MR) is 41.0 cm³/mol. The van der Waals surface area contributed by atoms with E-state index in [1.54, 1.807) is 0 Å². The Labute approximate surface area is 184 Å². The molecule has 25 heavy (non-hydrogen) atoms. The summed E-state index contributed by atoms with van der Waals surface area (Å²) in [6.07, 6.45) is -24.7. The third kappa shape index (κ3) is 3.33. The number of rotatable bonds is 3. The molecule has 0 aromatic carbocycles. The number of hydrogen-bond acceptors (Lipinski definition) is 1. The third-order valence-corrected chi connectivity index (χ3v) is 6.30. The summed E-state index contributed by atoms with van der Waals surface area (Å²) in [5, 5.41) is 0. The van der Waals surface area contributed by atoms with Gasteiger partial charge in [0.15, 0.2) is 0 Å². The van der Waals surface area contributed by atoms with E-state index in [0.29, 0.717) is 0 Å². The van der Waals surface area contributed by atoms with Crippen molar-refractivity contribution in [3.05, 3.63) is 0 Å². The van der Waals surface area contributed by atoms with Crippen LogP contribution in [0.25, 0.3) is 0 Å². The van der Waals surface area contributed by atoms with Crippen molar-refractivity contribution >= 4 is 7.14 Å². The fourth-order valence-corrected chi connectivity index (χ4v) is 3.63. The summed E-state index contributed by atoms with van der Waals surface area (Å²) in [6.45, 7) is 0. The number of halogens is 16. The van der Waals surface area contributed by atoms with Crippen LogP contribution in [0.3, 0.4) is 0 Å². The first kappa shape index (κ1) is 28.5. The second-order valence-corrected chi connectivity index (χ2v) is 7.60. The van der Waals surface area contributed by atoms with Gasteiger partial charge in [0, 0.05) is 0 Å². The molecule has 0 rings (SSSR count). The molecule has 0 N–H and O–H groups in total. The molecule has 1 nitrogen and oxygen atoms in total. The van der Waals surface area contributed by atoms with Gasteiger partial charge in [-0.1, -0.05) is 0 Å². The Hall–Kier alpha value is 1.32. The van der Waals surface area contributed by atoms with Crippen molar-refractivity contribution in [1.29, 1.82) is 0 Å². The second kappa shape index (κ2) is 6.69. The second-order valence-electron chi connectivity index (χ2n) is 4.05. The summed E-state index contributed by atoms with van der Waals surface area (Å²) >= 11 is 0. The van der Waals surface area contributed by atoms with E-state index in [1.807, 2.05) is 0 Å². The van der Waals surface area contributed by atoms with E-state index < -0.39 is 42.7 Å². The molecule has 0 heterocycles. The molecule has 0 aliphatic carbocycles. The van der Waals surface area contributed by atoms with Gasteiger partial charge in [-0.3, -0.25) is 0 Å². The summed E-state index contributed by atoms with van der Waals surface area (Å²) in [4.78, 5) is 10.7. The quantitative estimate of drug-likeness (QED) is 0.387. The molecular formula is C6CsF16OP. The van der Waals surface area contributed by atoms with E-state index in [2.05, 4.69) is 0 Å². The van der Waals surface area contributed by atoms with Gasteiger partial charge in [-0.2, -0.15) is 0 Å². The zero-order valence-corrected chi connectivity index (χ0v) is 18.1. The predicted octanol–water partition coefficient (Wildman–Crippen LogP) is 2.17. The van der Waals surface area contributed by atoms with Gasteiger partial charge in [-0.15, -0.1) is 0 Å². The molecule has 0 radical (unpaired) electrons. The van der Waals surface area contributed by atoms with E-state index in [4.69, 9.17) is 0 Å². The molecule has 0 fully saturated rings. The van der Waals surface area contributed by atoms with Crippen LogP contribution >= 0.6 is 7.14 Å². The molecule has 0 saturated heterocycles. The fourth-order valence-electron chi connectivity index (χ4n) is 1.21. The Morgan fingerprint density at radius 2 is 0.560 bits per heavy atom. The number of alkyl halides is 15. The van der Waals surface area contributed by atoms with Crippen LogP contribution in [0.15, 0.2) is 0 Å². The minimum atomic E-state index is -12.5. The SMILES string of the molecule is [Cs+].[O-]P(F)(C(F)(F)C(F)(F)F)(C(F)(F)C(F)(F)F)C(F)(F)C(F)(F)F. The number of hydrogen-bond donors (Lipinski definition) is 0. The average molecular weight is 556 g/mol. The molecule has 0 spiro atoms. The summed E-state index contributed by atoms with van der Waals surface area (Å²) in [6, 6.07) is 0. The summed E-state index contributed by atoms with van der Waals surface area (Å²) in [5.41, 5.74) is -26.8. The Morgan fingerprint density at radius 1 is 0.440 bits per heavy atom. The van der Waals surface area contributed by atoms with Crippen LogP contribution in [-0.2, 0) is 0 Å². The summed E-state index contributed by atoms with van der Waals surface area (Å²) in [5.74, 6) is 0. The van der Waals surface area contributed by atoms with Crippen LogP contribution in [0.4, 0.5) is 70.1 Å². The van der Waals surface area contributed by atoms with Crippen LogP contribution in [0, 0.1) is 0 Å². The van der Waals surface area contributed by atoms with Crippen LogP contribution in [0.1, 0.15) is 0 Å². The Bertz CT molecular complexity index is 427. The molecule has 0 bridgehead atoms. The molecule has 0 unspecified atom stereocenters. The minimum absolute atomic E-state index is 0. The van der Waals surface area contributed by atoms with Crippen LogP contribution < -0.4 is 73.8 Å². The van der Waals surface area contributed by atoms with E-state index in [-0.39, 0.29) is 68.9 Å². The van der Waals surface area contributed by atoms with Crippen molar-refractivity contribution in [3.8, 4) is 0 Å². The van der Waals surface area contributed by atoms with Gasteiger partial charge < -0.3 is 0 Å². The first-order valence-corrected chi connectivity index (χ1v) is 6.65. The molecule has 0 aliphatic heterocycles. The molecule has 0 amide bonds. The van der Waals surface area contributed by atoms with E-state index >= 15 is 0 Å². The molecule has 148 valence electrons. The fraction of sp³-hybridized carbons (Fsp3) is 1.00. The molecule has 0 aromatic heterocycles. The maximum atomic E-state index is 13.5. The summed E-state index contributed by atoms with van der Waals surface area (Å²) < 4.78 is 196. The Kier molecular flexibility index (Phi) is 7.63. The Balaban J connectivity index is 0. The molecule has 0 saturated carbocycles. The van der Waals surface area contributed by atoms with Crippen molar-refractivity contribution < 1.29 is 144 Å². The van der Waals surface area contributed by atoms with Gasteiger partial charge in [0.1, 0.15) is 0 Å². The van der Waals surface area contributed by atoms with Gasteiger partial charge in [0.25, 0.3) is 0 Å². The van der Waals surface area contributed by atoms with Gasteiger partial charge in [0.05, 0.1) is 0 Å². The van der Waals surface area contributed by atoms with Crippen LogP contribution in [-0.4, -0.2) is 35.5 Å². The van der Waals surface area contributed by atoms with Crippen molar-refractivity contribution in [2.75, 3.05) is 0 Å².